The predicted molar refractivity (Wildman–Crippen MR) is 97.0 cm³/mol. The molecule has 0 unspecified atom stereocenters. The van der Waals surface area contributed by atoms with Gasteiger partial charge < -0.3 is 9.15 Å². The average molecular weight is 407 g/mol. The van der Waals surface area contributed by atoms with Gasteiger partial charge in [0.05, 0.1) is 6.21 Å². The molecule has 2 aromatic heterocycles. The first kappa shape index (κ1) is 16.7. The Kier molecular flexibility index (Phi) is 5.27. The minimum absolute atomic E-state index is 0.348. The number of rotatable bonds is 6. The van der Waals surface area contributed by atoms with Crippen LogP contribution in [0.1, 0.15) is 24.3 Å². The number of ether oxygens (including phenoxy) is 1. The molecule has 0 bridgehead atoms. The highest BCUT2D eigenvalue weighted by atomic mass is 79.9. The first-order chi connectivity index (χ1) is 11.7. The van der Waals surface area contributed by atoms with Gasteiger partial charge in [0.2, 0.25) is 4.77 Å². The summed E-state index contributed by atoms with van der Waals surface area (Å²) < 4.78 is 14.4. The number of aryl methyl sites for hydroxylation is 1. The lowest BCUT2D eigenvalue weighted by atomic mass is 10.3. The molecule has 8 heteroatoms. The first-order valence-corrected chi connectivity index (χ1v) is 8.53. The minimum Gasteiger partial charge on any atom is -0.486 e. The molecule has 0 aliphatic carbocycles. The van der Waals surface area contributed by atoms with E-state index in [4.69, 9.17) is 21.4 Å². The largest absolute Gasteiger partial charge is 0.486 e. The molecule has 0 spiro atoms. The van der Waals surface area contributed by atoms with Gasteiger partial charge in [-0.1, -0.05) is 22.9 Å². The van der Waals surface area contributed by atoms with Gasteiger partial charge >= 0.3 is 0 Å². The van der Waals surface area contributed by atoms with Crippen molar-refractivity contribution in [2.75, 3.05) is 0 Å². The number of furan rings is 1. The van der Waals surface area contributed by atoms with E-state index >= 15 is 0 Å². The van der Waals surface area contributed by atoms with Crippen molar-refractivity contribution in [2.24, 2.45) is 5.10 Å². The minimum atomic E-state index is 0.348. The highest BCUT2D eigenvalue weighted by molar-refractivity contribution is 9.10. The standard InChI is InChI=1S/C16H15BrN4O2S/c1-2-15-19-20-16(24)21(15)18-9-13-7-8-14(23-13)10-22-12-5-3-11(17)4-6-12/h3-9H,2,10H2,1H3,(H,20,24). The molecule has 0 saturated carbocycles. The maximum Gasteiger partial charge on any atom is 0.216 e. The van der Waals surface area contributed by atoms with Crippen LogP contribution in [-0.2, 0) is 13.0 Å². The van der Waals surface area contributed by atoms with Gasteiger partial charge in [0.1, 0.15) is 23.9 Å². The molecule has 3 aromatic rings. The van der Waals surface area contributed by atoms with Crippen molar-refractivity contribution >= 4 is 34.4 Å². The van der Waals surface area contributed by atoms with E-state index in [9.17, 15) is 0 Å². The average Bonchev–Trinajstić information content (AvgIpc) is 3.18. The number of benzene rings is 1. The molecule has 0 amide bonds. The Bertz CT molecular complexity index is 895. The lowest BCUT2D eigenvalue weighted by Crippen LogP contribution is -1.97. The van der Waals surface area contributed by atoms with Crippen molar-refractivity contribution in [2.45, 2.75) is 20.0 Å². The molecule has 2 heterocycles. The summed E-state index contributed by atoms with van der Waals surface area (Å²) in [7, 11) is 0. The maximum absolute atomic E-state index is 5.68. The topological polar surface area (TPSA) is 68.3 Å². The number of nitrogens with one attached hydrogen (secondary N) is 1. The summed E-state index contributed by atoms with van der Waals surface area (Å²) in [5, 5.41) is 11.1. The summed E-state index contributed by atoms with van der Waals surface area (Å²) >= 11 is 8.53. The fourth-order valence-corrected chi connectivity index (χ4v) is 2.48. The predicted octanol–water partition coefficient (Wildman–Crippen LogP) is 4.32. The maximum atomic E-state index is 5.68. The molecule has 0 aliphatic rings. The molecule has 6 nitrogen and oxygen atoms in total. The van der Waals surface area contributed by atoms with Crippen LogP contribution >= 0.6 is 28.1 Å². The smallest absolute Gasteiger partial charge is 0.216 e. The highest BCUT2D eigenvalue weighted by Gasteiger charge is 2.04. The van der Waals surface area contributed by atoms with Crippen molar-refractivity contribution in [1.29, 1.82) is 0 Å². The third-order valence-corrected chi connectivity index (χ3v) is 4.00. The van der Waals surface area contributed by atoms with Crippen molar-refractivity contribution in [3.8, 4) is 5.75 Å². The Hall–Kier alpha value is -2.19. The second-order valence-electron chi connectivity index (χ2n) is 4.90. The number of nitrogens with zero attached hydrogens (tertiary/aromatic N) is 3. The SMILES string of the molecule is CCc1n[nH]c(=S)n1N=Cc1ccc(COc2ccc(Br)cc2)o1. The molecular formula is C16H15BrN4O2S. The Morgan fingerprint density at radius 2 is 2.12 bits per heavy atom. The Morgan fingerprint density at radius 3 is 2.88 bits per heavy atom. The van der Waals surface area contributed by atoms with Crippen LogP contribution in [0.5, 0.6) is 5.75 Å². The fourth-order valence-electron chi connectivity index (χ4n) is 2.01. The van der Waals surface area contributed by atoms with Crippen molar-refractivity contribution in [3.63, 3.8) is 0 Å². The lowest BCUT2D eigenvalue weighted by molar-refractivity contribution is 0.270. The van der Waals surface area contributed by atoms with E-state index < -0.39 is 0 Å². The van der Waals surface area contributed by atoms with Crippen LogP contribution in [0.3, 0.4) is 0 Å². The molecular weight excluding hydrogens is 392 g/mol. The third-order valence-electron chi connectivity index (χ3n) is 3.21. The van der Waals surface area contributed by atoms with E-state index in [2.05, 4.69) is 31.2 Å². The second kappa shape index (κ2) is 7.59. The molecule has 1 N–H and O–H groups in total. The van der Waals surface area contributed by atoms with Gasteiger partial charge in [0.25, 0.3) is 0 Å². The van der Waals surface area contributed by atoms with E-state index in [-0.39, 0.29) is 0 Å². The van der Waals surface area contributed by atoms with E-state index in [0.29, 0.717) is 22.9 Å². The zero-order valence-electron chi connectivity index (χ0n) is 12.9. The third kappa shape index (κ3) is 4.01. The van der Waals surface area contributed by atoms with Crippen LogP contribution in [0, 0.1) is 4.77 Å². The van der Waals surface area contributed by atoms with Crippen LogP contribution in [0.15, 0.2) is 50.4 Å². The molecule has 1 aromatic carbocycles. The molecule has 3 rings (SSSR count). The summed E-state index contributed by atoms with van der Waals surface area (Å²) in [6.45, 7) is 2.34. The first-order valence-electron chi connectivity index (χ1n) is 7.33. The van der Waals surface area contributed by atoms with E-state index in [0.717, 1.165) is 22.5 Å². The van der Waals surface area contributed by atoms with Crippen LogP contribution in [0.4, 0.5) is 0 Å². The Morgan fingerprint density at radius 1 is 1.33 bits per heavy atom. The Labute approximate surface area is 152 Å². The van der Waals surface area contributed by atoms with E-state index in [1.54, 1.807) is 10.9 Å². The van der Waals surface area contributed by atoms with Crippen LogP contribution in [0.25, 0.3) is 0 Å². The van der Waals surface area contributed by atoms with Gasteiger partial charge in [0, 0.05) is 10.9 Å². The summed E-state index contributed by atoms with van der Waals surface area (Å²) in [5.41, 5.74) is 0. The zero-order chi connectivity index (χ0) is 16.9. The molecule has 0 fully saturated rings. The van der Waals surface area contributed by atoms with Crippen LogP contribution in [0.2, 0.25) is 0 Å². The molecule has 0 aliphatic heterocycles. The van der Waals surface area contributed by atoms with Crippen LogP contribution in [-0.4, -0.2) is 21.1 Å². The summed E-state index contributed by atoms with van der Waals surface area (Å²) in [6, 6.07) is 11.3. The molecule has 0 atom stereocenters. The quantitative estimate of drug-likeness (QED) is 0.488. The Balaban J connectivity index is 1.65. The number of halogens is 1. The van der Waals surface area contributed by atoms with Gasteiger partial charge in [-0.15, -0.1) is 0 Å². The normalized spacial score (nSPS) is 11.2. The summed E-state index contributed by atoms with van der Waals surface area (Å²) in [6.07, 6.45) is 2.34. The number of aromatic amines is 1. The van der Waals surface area contributed by atoms with Crippen molar-refractivity contribution < 1.29 is 9.15 Å². The highest BCUT2D eigenvalue weighted by Crippen LogP contribution is 2.18. The van der Waals surface area contributed by atoms with Gasteiger partial charge in [-0.2, -0.15) is 14.9 Å². The number of aromatic nitrogens is 3. The van der Waals surface area contributed by atoms with Gasteiger partial charge in [0.15, 0.2) is 5.82 Å². The van der Waals surface area contributed by atoms with Gasteiger partial charge in [-0.25, -0.2) is 0 Å². The molecule has 0 saturated heterocycles. The van der Waals surface area contributed by atoms with E-state index in [1.807, 2.05) is 43.3 Å². The monoisotopic (exact) mass is 406 g/mol. The second-order valence-corrected chi connectivity index (χ2v) is 6.20. The van der Waals surface area contributed by atoms with E-state index in [1.165, 1.54) is 0 Å². The lowest BCUT2D eigenvalue weighted by Gasteiger charge is -2.03. The molecule has 124 valence electrons. The fraction of sp³-hybridized carbons (Fsp3) is 0.188. The molecule has 24 heavy (non-hydrogen) atoms. The van der Waals surface area contributed by atoms with Crippen LogP contribution < -0.4 is 4.74 Å². The summed E-state index contributed by atoms with van der Waals surface area (Å²) in [4.78, 5) is 0. The number of H-pyrrole nitrogens is 1. The zero-order valence-corrected chi connectivity index (χ0v) is 15.3. The van der Waals surface area contributed by atoms with Gasteiger partial charge in [-0.3, -0.25) is 5.10 Å². The van der Waals surface area contributed by atoms with Crippen molar-refractivity contribution in [3.05, 3.63) is 63.0 Å². The number of hydrogen-bond donors (Lipinski definition) is 1. The molecule has 0 radical (unpaired) electrons. The summed E-state index contributed by atoms with van der Waals surface area (Å²) in [5.74, 6) is 2.88. The number of hydrogen-bond acceptors (Lipinski definition) is 5. The van der Waals surface area contributed by atoms with Crippen molar-refractivity contribution in [1.82, 2.24) is 14.9 Å². The van der Waals surface area contributed by atoms with Gasteiger partial charge in [-0.05, 0) is 48.6 Å².